The average Bonchev–Trinajstić information content (AvgIpc) is 3.19. The summed E-state index contributed by atoms with van der Waals surface area (Å²) in [5, 5.41) is 3.41. The van der Waals surface area contributed by atoms with Gasteiger partial charge in [0.15, 0.2) is 5.76 Å². The Morgan fingerprint density at radius 3 is 2.56 bits per heavy atom. The lowest BCUT2D eigenvalue weighted by Crippen LogP contribution is -2.16. The molecule has 0 saturated carbocycles. The van der Waals surface area contributed by atoms with Crippen molar-refractivity contribution in [1.29, 1.82) is 0 Å². The van der Waals surface area contributed by atoms with Crippen molar-refractivity contribution >= 4 is 34.4 Å². The van der Waals surface area contributed by atoms with Crippen LogP contribution in [0.25, 0.3) is 22.1 Å². The molecule has 0 atom stereocenters. The molecule has 1 amide bonds. The number of furan rings is 1. The van der Waals surface area contributed by atoms with Gasteiger partial charge in [0.05, 0.1) is 17.2 Å². The van der Waals surface area contributed by atoms with Crippen LogP contribution in [0.3, 0.4) is 0 Å². The third-order valence-electron chi connectivity index (χ3n) is 4.16. The molecule has 4 rings (SSSR count). The van der Waals surface area contributed by atoms with Crippen molar-refractivity contribution in [2.45, 2.75) is 6.92 Å². The second-order valence-corrected chi connectivity index (χ2v) is 6.51. The van der Waals surface area contributed by atoms with E-state index in [1.807, 2.05) is 19.1 Å². The van der Waals surface area contributed by atoms with Crippen LogP contribution >= 0.6 is 11.6 Å². The molecule has 0 bridgehead atoms. The largest absolute Gasteiger partial charge is 0.459 e. The van der Waals surface area contributed by atoms with E-state index in [1.165, 1.54) is 12.3 Å². The van der Waals surface area contributed by atoms with E-state index in [0.29, 0.717) is 21.6 Å². The maximum atomic E-state index is 13.2. The van der Waals surface area contributed by atoms with E-state index >= 15 is 0 Å². The first-order valence-electron chi connectivity index (χ1n) is 8.21. The van der Waals surface area contributed by atoms with Crippen molar-refractivity contribution in [2.75, 3.05) is 5.32 Å². The lowest BCUT2D eigenvalue weighted by Gasteiger charge is -2.11. The molecule has 0 aliphatic rings. The number of hydrogen-bond donors (Lipinski definition) is 1. The molecule has 2 aromatic carbocycles. The van der Waals surface area contributed by atoms with Crippen molar-refractivity contribution in [2.24, 2.45) is 0 Å². The van der Waals surface area contributed by atoms with Crippen molar-refractivity contribution in [1.82, 2.24) is 0 Å². The zero-order chi connectivity index (χ0) is 19.0. The molecule has 6 heteroatoms. The van der Waals surface area contributed by atoms with E-state index in [2.05, 4.69) is 5.32 Å². The van der Waals surface area contributed by atoms with Gasteiger partial charge in [0.25, 0.3) is 5.91 Å². The number of amides is 1. The number of carbonyl (C=O) groups excluding carboxylic acids is 1. The Morgan fingerprint density at radius 1 is 1.07 bits per heavy atom. The Bertz CT molecular complexity index is 1190. The summed E-state index contributed by atoms with van der Waals surface area (Å²) in [6.45, 7) is 1.95. The van der Waals surface area contributed by atoms with Crippen LogP contribution in [0.15, 0.2) is 74.5 Å². The molecular formula is C21H14ClNO4. The minimum absolute atomic E-state index is 0.0556. The van der Waals surface area contributed by atoms with Crippen molar-refractivity contribution < 1.29 is 13.6 Å². The number of anilines is 1. The van der Waals surface area contributed by atoms with Gasteiger partial charge in [-0.3, -0.25) is 14.9 Å². The van der Waals surface area contributed by atoms with E-state index in [0.717, 1.165) is 5.56 Å². The van der Waals surface area contributed by atoms with Crippen LogP contribution in [-0.4, -0.2) is 5.91 Å². The molecule has 2 heterocycles. The van der Waals surface area contributed by atoms with Gasteiger partial charge in [0.1, 0.15) is 5.58 Å². The quantitative estimate of drug-likeness (QED) is 0.526. The first kappa shape index (κ1) is 17.1. The molecule has 0 saturated heterocycles. The number of nitrogens with one attached hydrogen (secondary N) is 1. The first-order chi connectivity index (χ1) is 13.0. The summed E-state index contributed by atoms with van der Waals surface area (Å²) in [6.07, 6.45) is 1.40. The number of fused-ring (bicyclic) bond motifs is 1. The maximum absolute atomic E-state index is 13.2. The third kappa shape index (κ3) is 3.25. The van der Waals surface area contributed by atoms with Crippen LogP contribution in [0.5, 0.6) is 0 Å². The van der Waals surface area contributed by atoms with Gasteiger partial charge in [-0.2, -0.15) is 0 Å². The van der Waals surface area contributed by atoms with Gasteiger partial charge in [-0.05, 0) is 42.8 Å². The highest BCUT2D eigenvalue weighted by Gasteiger charge is 2.20. The number of rotatable bonds is 3. The second-order valence-electron chi connectivity index (χ2n) is 6.07. The summed E-state index contributed by atoms with van der Waals surface area (Å²) in [7, 11) is 0. The van der Waals surface area contributed by atoms with E-state index in [-0.39, 0.29) is 22.6 Å². The predicted octanol–water partition coefficient (Wildman–Crippen LogP) is 5.27. The van der Waals surface area contributed by atoms with Gasteiger partial charge >= 0.3 is 0 Å². The molecule has 0 radical (unpaired) electrons. The lowest BCUT2D eigenvalue weighted by molar-refractivity contribution is 0.0994. The molecule has 134 valence electrons. The molecule has 4 aromatic rings. The van der Waals surface area contributed by atoms with E-state index < -0.39 is 5.91 Å². The molecule has 27 heavy (non-hydrogen) atoms. The predicted molar refractivity (Wildman–Crippen MR) is 104 cm³/mol. The van der Waals surface area contributed by atoms with Crippen LogP contribution in [0.4, 0.5) is 5.88 Å². The lowest BCUT2D eigenvalue weighted by atomic mass is 10.0. The molecule has 0 fully saturated rings. The van der Waals surface area contributed by atoms with Gasteiger partial charge < -0.3 is 8.83 Å². The normalized spacial score (nSPS) is 10.9. The monoisotopic (exact) mass is 379 g/mol. The number of aryl methyl sites for hydroxylation is 1. The first-order valence-corrected chi connectivity index (χ1v) is 8.59. The Morgan fingerprint density at radius 2 is 1.85 bits per heavy atom. The molecule has 5 nitrogen and oxygen atoms in total. The highest BCUT2D eigenvalue weighted by atomic mass is 35.5. The average molecular weight is 380 g/mol. The van der Waals surface area contributed by atoms with E-state index in [4.69, 9.17) is 20.4 Å². The summed E-state index contributed by atoms with van der Waals surface area (Å²) in [5.41, 5.74) is 1.98. The number of halogens is 1. The Kier molecular flexibility index (Phi) is 4.30. The molecule has 0 aliphatic carbocycles. The summed E-state index contributed by atoms with van der Waals surface area (Å²) < 4.78 is 11.0. The van der Waals surface area contributed by atoms with Crippen LogP contribution in [-0.2, 0) is 0 Å². The fourth-order valence-electron chi connectivity index (χ4n) is 2.81. The maximum Gasteiger partial charge on any atom is 0.293 e. The van der Waals surface area contributed by atoms with Crippen LogP contribution in [0.2, 0.25) is 5.02 Å². The highest BCUT2D eigenvalue weighted by molar-refractivity contribution is 6.31. The molecule has 0 unspecified atom stereocenters. The second kappa shape index (κ2) is 6.78. The minimum atomic E-state index is -0.509. The molecule has 0 aliphatic heterocycles. The van der Waals surface area contributed by atoms with E-state index in [9.17, 15) is 9.59 Å². The zero-order valence-corrected chi connectivity index (χ0v) is 15.0. The standard InChI is InChI=1S/C21H14ClNO4/c1-12-4-6-13(7-5-12)18-19(24)15-11-14(22)8-9-16(15)27-21(18)23-20(25)17-3-2-10-26-17/h2-11H,1H3,(H,23,25). The minimum Gasteiger partial charge on any atom is -0.459 e. The fraction of sp³-hybridized carbons (Fsp3) is 0.0476. The smallest absolute Gasteiger partial charge is 0.293 e. The summed E-state index contributed by atoms with van der Waals surface area (Å²) >= 11 is 6.04. The number of carbonyl (C=O) groups is 1. The van der Waals surface area contributed by atoms with Crippen molar-refractivity contribution in [3.8, 4) is 11.1 Å². The van der Waals surface area contributed by atoms with Gasteiger partial charge in [-0.1, -0.05) is 41.4 Å². The summed E-state index contributed by atoms with van der Waals surface area (Å²) in [5.74, 6) is -0.339. The van der Waals surface area contributed by atoms with Gasteiger partial charge in [-0.15, -0.1) is 0 Å². The topological polar surface area (TPSA) is 72.5 Å². The van der Waals surface area contributed by atoms with Crippen molar-refractivity contribution in [3.63, 3.8) is 0 Å². The zero-order valence-electron chi connectivity index (χ0n) is 14.3. The Hall–Kier alpha value is -3.31. The van der Waals surface area contributed by atoms with E-state index in [1.54, 1.807) is 36.4 Å². The van der Waals surface area contributed by atoms with Gasteiger partial charge in [-0.25, -0.2) is 0 Å². The van der Waals surface area contributed by atoms with Crippen LogP contribution in [0.1, 0.15) is 16.1 Å². The summed E-state index contributed by atoms with van der Waals surface area (Å²) in [6, 6.07) is 15.3. The Balaban J connectivity index is 1.93. The third-order valence-corrected chi connectivity index (χ3v) is 4.40. The summed E-state index contributed by atoms with van der Waals surface area (Å²) in [4.78, 5) is 25.6. The SMILES string of the molecule is Cc1ccc(-c2c(NC(=O)c3ccco3)oc3ccc(Cl)cc3c2=O)cc1. The molecular weight excluding hydrogens is 366 g/mol. The molecule has 1 N–H and O–H groups in total. The fourth-order valence-corrected chi connectivity index (χ4v) is 2.98. The molecule has 2 aromatic heterocycles. The number of hydrogen-bond acceptors (Lipinski definition) is 4. The Labute approximate surface area is 159 Å². The van der Waals surface area contributed by atoms with Crippen LogP contribution in [0, 0.1) is 6.92 Å². The highest BCUT2D eigenvalue weighted by Crippen LogP contribution is 2.30. The van der Waals surface area contributed by atoms with Gasteiger partial charge in [0, 0.05) is 5.02 Å². The number of benzene rings is 2. The molecule has 0 spiro atoms. The van der Waals surface area contributed by atoms with Crippen molar-refractivity contribution in [3.05, 3.63) is 87.4 Å². The van der Waals surface area contributed by atoms with Crippen LogP contribution < -0.4 is 10.7 Å². The van der Waals surface area contributed by atoms with Gasteiger partial charge in [0.2, 0.25) is 11.3 Å².